The lowest BCUT2D eigenvalue weighted by atomic mass is 10.1. The highest BCUT2D eigenvalue weighted by molar-refractivity contribution is 9.10. The van der Waals surface area contributed by atoms with Crippen LogP contribution >= 0.6 is 15.9 Å². The number of carboxylic acid groups (broad SMARTS) is 1. The van der Waals surface area contributed by atoms with E-state index in [4.69, 9.17) is 9.84 Å². The van der Waals surface area contributed by atoms with Gasteiger partial charge >= 0.3 is 6.09 Å². The molecule has 1 saturated heterocycles. The first-order valence-corrected chi connectivity index (χ1v) is 6.20. The molecule has 1 aliphatic heterocycles. The summed E-state index contributed by atoms with van der Waals surface area (Å²) in [6.07, 6.45) is 2.33. The van der Waals surface area contributed by atoms with E-state index in [0.29, 0.717) is 13.1 Å². The van der Waals surface area contributed by atoms with Crippen LogP contribution in [0.1, 0.15) is 12.8 Å². The third-order valence-electron chi connectivity index (χ3n) is 2.72. The molecule has 1 amide bonds. The van der Waals surface area contributed by atoms with Crippen LogP contribution in [0.15, 0.2) is 22.9 Å². The topological polar surface area (TPSA) is 62.7 Å². The molecule has 6 heteroatoms. The number of ether oxygens (including phenoxy) is 1. The van der Waals surface area contributed by atoms with Gasteiger partial charge in [0.15, 0.2) is 0 Å². The Morgan fingerprint density at radius 1 is 1.47 bits per heavy atom. The molecule has 17 heavy (non-hydrogen) atoms. The fourth-order valence-corrected chi connectivity index (χ4v) is 2.02. The van der Waals surface area contributed by atoms with E-state index in [1.165, 1.54) is 4.90 Å². The maximum absolute atomic E-state index is 10.7. The molecule has 0 radical (unpaired) electrons. The van der Waals surface area contributed by atoms with Crippen molar-refractivity contribution in [2.75, 3.05) is 13.1 Å². The summed E-state index contributed by atoms with van der Waals surface area (Å²) in [7, 11) is 0. The van der Waals surface area contributed by atoms with Gasteiger partial charge in [0.2, 0.25) is 0 Å². The second kappa shape index (κ2) is 5.35. The number of amides is 1. The standard InChI is InChI=1S/C11H13BrN2O3/c12-10-2-1-9(7-13-10)17-8-3-5-14(6-4-8)11(15)16/h1-2,7-8H,3-6H2,(H,15,16). The highest BCUT2D eigenvalue weighted by Gasteiger charge is 2.23. The van der Waals surface area contributed by atoms with E-state index in [2.05, 4.69) is 20.9 Å². The summed E-state index contributed by atoms with van der Waals surface area (Å²) >= 11 is 3.26. The summed E-state index contributed by atoms with van der Waals surface area (Å²) in [5, 5.41) is 8.81. The molecular weight excluding hydrogens is 288 g/mol. The Bertz CT molecular complexity index is 388. The van der Waals surface area contributed by atoms with Crippen LogP contribution in [0.5, 0.6) is 5.75 Å². The van der Waals surface area contributed by atoms with Crippen molar-refractivity contribution < 1.29 is 14.6 Å². The first kappa shape index (κ1) is 12.2. The number of aromatic nitrogens is 1. The summed E-state index contributed by atoms with van der Waals surface area (Å²) in [6.45, 7) is 1.06. The fraction of sp³-hybridized carbons (Fsp3) is 0.455. The third-order valence-corrected chi connectivity index (χ3v) is 3.18. The lowest BCUT2D eigenvalue weighted by Gasteiger charge is -2.30. The number of carbonyl (C=O) groups is 1. The Morgan fingerprint density at radius 2 is 2.18 bits per heavy atom. The van der Waals surface area contributed by atoms with E-state index in [0.717, 1.165) is 23.2 Å². The molecule has 1 aliphatic rings. The normalized spacial score (nSPS) is 16.9. The van der Waals surface area contributed by atoms with Crippen molar-refractivity contribution in [3.63, 3.8) is 0 Å². The minimum atomic E-state index is -0.853. The average molecular weight is 301 g/mol. The monoisotopic (exact) mass is 300 g/mol. The SMILES string of the molecule is O=C(O)N1CCC(Oc2ccc(Br)nc2)CC1. The number of halogens is 1. The van der Waals surface area contributed by atoms with Gasteiger partial charge in [0.05, 0.1) is 6.20 Å². The lowest BCUT2D eigenvalue weighted by molar-refractivity contribution is 0.0892. The van der Waals surface area contributed by atoms with Crippen LogP contribution in [0.4, 0.5) is 4.79 Å². The highest BCUT2D eigenvalue weighted by Crippen LogP contribution is 2.19. The van der Waals surface area contributed by atoms with Crippen molar-refractivity contribution in [3.8, 4) is 5.75 Å². The number of piperidine rings is 1. The van der Waals surface area contributed by atoms with Gasteiger partial charge in [0.25, 0.3) is 0 Å². The molecule has 92 valence electrons. The van der Waals surface area contributed by atoms with Gasteiger partial charge in [-0.2, -0.15) is 0 Å². The van der Waals surface area contributed by atoms with E-state index < -0.39 is 6.09 Å². The average Bonchev–Trinajstić information content (AvgIpc) is 2.33. The second-order valence-electron chi connectivity index (χ2n) is 3.90. The summed E-state index contributed by atoms with van der Waals surface area (Å²) < 4.78 is 6.50. The molecule has 0 saturated carbocycles. The molecule has 1 N–H and O–H groups in total. The van der Waals surface area contributed by atoms with Crippen molar-refractivity contribution in [2.24, 2.45) is 0 Å². The van der Waals surface area contributed by atoms with Gasteiger partial charge in [0.1, 0.15) is 16.5 Å². The molecule has 0 aliphatic carbocycles. The number of likely N-dealkylation sites (tertiary alicyclic amines) is 1. The summed E-state index contributed by atoms with van der Waals surface area (Å²) in [4.78, 5) is 16.2. The quantitative estimate of drug-likeness (QED) is 0.852. The van der Waals surface area contributed by atoms with E-state index in [1.54, 1.807) is 6.20 Å². The van der Waals surface area contributed by atoms with Gasteiger partial charge in [-0.15, -0.1) is 0 Å². The van der Waals surface area contributed by atoms with Crippen LogP contribution in [0.25, 0.3) is 0 Å². The Balaban J connectivity index is 1.85. The van der Waals surface area contributed by atoms with Crippen LogP contribution in [0.2, 0.25) is 0 Å². The second-order valence-corrected chi connectivity index (χ2v) is 4.72. The number of hydrogen-bond donors (Lipinski definition) is 1. The number of nitrogens with zero attached hydrogens (tertiary/aromatic N) is 2. The number of pyridine rings is 1. The zero-order chi connectivity index (χ0) is 12.3. The third kappa shape index (κ3) is 3.33. The van der Waals surface area contributed by atoms with Gasteiger partial charge in [-0.05, 0) is 28.1 Å². The van der Waals surface area contributed by atoms with Crippen molar-refractivity contribution in [1.82, 2.24) is 9.88 Å². The van der Waals surface area contributed by atoms with Crippen molar-refractivity contribution in [2.45, 2.75) is 18.9 Å². The Hall–Kier alpha value is -1.30. The molecule has 0 unspecified atom stereocenters. The largest absolute Gasteiger partial charge is 0.489 e. The first-order chi connectivity index (χ1) is 8.15. The van der Waals surface area contributed by atoms with Crippen LogP contribution in [-0.4, -0.2) is 40.3 Å². The first-order valence-electron chi connectivity index (χ1n) is 5.41. The van der Waals surface area contributed by atoms with Gasteiger partial charge in [-0.3, -0.25) is 0 Å². The van der Waals surface area contributed by atoms with Crippen LogP contribution in [0, 0.1) is 0 Å². The predicted molar refractivity (Wildman–Crippen MR) is 65.2 cm³/mol. The molecule has 2 heterocycles. The predicted octanol–water partition coefficient (Wildman–Crippen LogP) is 2.37. The summed E-state index contributed by atoms with van der Waals surface area (Å²) in [5.41, 5.74) is 0. The maximum atomic E-state index is 10.7. The smallest absolute Gasteiger partial charge is 0.407 e. The van der Waals surface area contributed by atoms with Gasteiger partial charge in [-0.25, -0.2) is 9.78 Å². The fourth-order valence-electron chi connectivity index (χ4n) is 1.79. The number of hydrogen-bond acceptors (Lipinski definition) is 3. The molecular formula is C11H13BrN2O3. The Labute approximate surface area is 108 Å². The Kier molecular flexibility index (Phi) is 3.83. The molecule has 0 spiro atoms. The van der Waals surface area contributed by atoms with E-state index in [9.17, 15) is 4.79 Å². The van der Waals surface area contributed by atoms with Crippen LogP contribution in [-0.2, 0) is 0 Å². The minimum absolute atomic E-state index is 0.0774. The van der Waals surface area contributed by atoms with Crippen LogP contribution in [0.3, 0.4) is 0 Å². The molecule has 1 aromatic heterocycles. The van der Waals surface area contributed by atoms with Crippen LogP contribution < -0.4 is 4.74 Å². The zero-order valence-electron chi connectivity index (χ0n) is 9.17. The molecule has 1 fully saturated rings. The molecule has 0 atom stereocenters. The van der Waals surface area contributed by atoms with E-state index >= 15 is 0 Å². The van der Waals surface area contributed by atoms with Crippen molar-refractivity contribution in [3.05, 3.63) is 22.9 Å². The van der Waals surface area contributed by atoms with Gasteiger partial charge in [0, 0.05) is 25.9 Å². The number of rotatable bonds is 2. The van der Waals surface area contributed by atoms with E-state index in [-0.39, 0.29) is 6.10 Å². The van der Waals surface area contributed by atoms with Crippen molar-refractivity contribution in [1.29, 1.82) is 0 Å². The van der Waals surface area contributed by atoms with Gasteiger partial charge in [-0.1, -0.05) is 0 Å². The van der Waals surface area contributed by atoms with E-state index in [1.807, 2.05) is 12.1 Å². The molecule has 1 aromatic rings. The highest BCUT2D eigenvalue weighted by atomic mass is 79.9. The lowest BCUT2D eigenvalue weighted by Crippen LogP contribution is -2.41. The Morgan fingerprint density at radius 3 is 2.71 bits per heavy atom. The van der Waals surface area contributed by atoms with Crippen molar-refractivity contribution >= 4 is 22.0 Å². The summed E-state index contributed by atoms with van der Waals surface area (Å²) in [5.74, 6) is 0.724. The van der Waals surface area contributed by atoms with Gasteiger partial charge < -0.3 is 14.7 Å². The zero-order valence-corrected chi connectivity index (χ0v) is 10.8. The molecule has 0 aromatic carbocycles. The minimum Gasteiger partial charge on any atom is -0.489 e. The molecule has 5 nitrogen and oxygen atoms in total. The maximum Gasteiger partial charge on any atom is 0.407 e. The molecule has 0 bridgehead atoms. The summed E-state index contributed by atoms with van der Waals surface area (Å²) in [6, 6.07) is 3.67. The molecule has 2 rings (SSSR count).